The van der Waals surface area contributed by atoms with Crippen molar-refractivity contribution in [3.63, 3.8) is 0 Å². The summed E-state index contributed by atoms with van der Waals surface area (Å²) in [6, 6.07) is 15.7. The minimum Gasteiger partial charge on any atom is -0.497 e. The van der Waals surface area contributed by atoms with Crippen LogP contribution in [0.3, 0.4) is 0 Å². The van der Waals surface area contributed by atoms with Gasteiger partial charge in [0, 0.05) is 23.5 Å². The second-order valence-corrected chi connectivity index (χ2v) is 7.83. The summed E-state index contributed by atoms with van der Waals surface area (Å²) in [5.41, 5.74) is 3.82. The van der Waals surface area contributed by atoms with Crippen LogP contribution >= 0.6 is 0 Å². The van der Waals surface area contributed by atoms with Crippen molar-refractivity contribution in [1.29, 1.82) is 0 Å². The Balaban J connectivity index is 1.93. The lowest BCUT2D eigenvalue weighted by molar-refractivity contribution is 0.405. The molecule has 0 atom stereocenters. The van der Waals surface area contributed by atoms with Gasteiger partial charge in [0.05, 0.1) is 19.9 Å². The van der Waals surface area contributed by atoms with Crippen molar-refractivity contribution in [3.05, 3.63) is 59.8 Å². The van der Waals surface area contributed by atoms with E-state index in [-0.39, 0.29) is 5.41 Å². The van der Waals surface area contributed by atoms with Crippen LogP contribution in [0.4, 0.5) is 23.1 Å². The topological polar surface area (TPSA) is 68.3 Å². The Bertz CT molecular complexity index is 996. The molecule has 6 heteroatoms. The zero-order chi connectivity index (χ0) is 21.0. The van der Waals surface area contributed by atoms with Gasteiger partial charge in [-0.3, -0.25) is 0 Å². The predicted molar refractivity (Wildman–Crippen MR) is 118 cm³/mol. The normalized spacial score (nSPS) is 11.1. The van der Waals surface area contributed by atoms with Gasteiger partial charge in [0.15, 0.2) is 0 Å². The Kier molecular flexibility index (Phi) is 5.92. The summed E-state index contributed by atoms with van der Waals surface area (Å²) in [5.74, 6) is 2.64. The molecular weight excluding hydrogens is 364 g/mol. The smallest absolute Gasteiger partial charge is 0.229 e. The van der Waals surface area contributed by atoms with Gasteiger partial charge in [-0.2, -0.15) is 4.98 Å². The number of ether oxygens (including phenoxy) is 2. The standard InChI is InChI=1S/C23H28N4O2/c1-15-13-21(25-19-14-16(28-5)11-12-20(19)29-6)27-22(24-15)26-18-10-8-7-9-17(18)23(2,3)4/h7-14H,1-6H3,(H2,24,25,26,27). The number of hydrogen-bond acceptors (Lipinski definition) is 6. The number of aromatic nitrogens is 2. The lowest BCUT2D eigenvalue weighted by atomic mass is 9.86. The summed E-state index contributed by atoms with van der Waals surface area (Å²) < 4.78 is 10.8. The number of nitrogens with zero attached hydrogens (tertiary/aromatic N) is 2. The van der Waals surface area contributed by atoms with E-state index in [2.05, 4.69) is 47.4 Å². The van der Waals surface area contributed by atoms with Crippen molar-refractivity contribution in [2.75, 3.05) is 24.9 Å². The highest BCUT2D eigenvalue weighted by molar-refractivity contribution is 5.68. The van der Waals surface area contributed by atoms with Crippen LogP contribution in [0.2, 0.25) is 0 Å². The molecular formula is C23H28N4O2. The average Bonchev–Trinajstić information content (AvgIpc) is 2.67. The van der Waals surface area contributed by atoms with Gasteiger partial charge in [-0.25, -0.2) is 4.98 Å². The average molecular weight is 393 g/mol. The fourth-order valence-corrected chi connectivity index (χ4v) is 3.10. The first-order valence-corrected chi connectivity index (χ1v) is 9.51. The molecule has 152 valence electrons. The van der Waals surface area contributed by atoms with Crippen LogP contribution < -0.4 is 20.1 Å². The van der Waals surface area contributed by atoms with E-state index in [0.717, 1.165) is 22.8 Å². The molecule has 2 N–H and O–H groups in total. The molecule has 0 fully saturated rings. The number of benzene rings is 2. The van der Waals surface area contributed by atoms with Crippen molar-refractivity contribution in [2.45, 2.75) is 33.1 Å². The number of anilines is 4. The van der Waals surface area contributed by atoms with Crippen LogP contribution in [0.1, 0.15) is 32.0 Å². The number of para-hydroxylation sites is 1. The predicted octanol–water partition coefficient (Wildman–Crippen LogP) is 5.59. The highest BCUT2D eigenvalue weighted by Gasteiger charge is 2.18. The second kappa shape index (κ2) is 8.39. The molecule has 0 spiro atoms. The number of rotatable bonds is 6. The molecule has 0 aliphatic carbocycles. The van der Waals surface area contributed by atoms with Gasteiger partial charge in [0.2, 0.25) is 5.95 Å². The maximum absolute atomic E-state index is 5.45. The molecule has 0 aliphatic heterocycles. The minimum atomic E-state index is 0.00244. The van der Waals surface area contributed by atoms with Gasteiger partial charge in [-0.15, -0.1) is 0 Å². The van der Waals surface area contributed by atoms with Crippen molar-refractivity contribution in [2.24, 2.45) is 0 Å². The van der Waals surface area contributed by atoms with Crippen LogP contribution in [0.5, 0.6) is 11.5 Å². The fraction of sp³-hybridized carbons (Fsp3) is 0.304. The van der Waals surface area contributed by atoms with E-state index in [0.29, 0.717) is 17.5 Å². The van der Waals surface area contributed by atoms with Crippen molar-refractivity contribution < 1.29 is 9.47 Å². The van der Waals surface area contributed by atoms with Gasteiger partial charge in [-0.05, 0) is 36.1 Å². The third-order valence-corrected chi connectivity index (χ3v) is 4.51. The molecule has 1 heterocycles. The highest BCUT2D eigenvalue weighted by Crippen LogP contribution is 2.33. The van der Waals surface area contributed by atoms with E-state index in [4.69, 9.17) is 9.47 Å². The van der Waals surface area contributed by atoms with Crippen molar-refractivity contribution in [1.82, 2.24) is 9.97 Å². The van der Waals surface area contributed by atoms with Crippen LogP contribution in [-0.4, -0.2) is 24.2 Å². The molecule has 0 saturated heterocycles. The molecule has 1 aromatic heterocycles. The molecule has 3 aromatic rings. The molecule has 3 rings (SSSR count). The largest absolute Gasteiger partial charge is 0.497 e. The van der Waals surface area contributed by atoms with Crippen LogP contribution in [0.15, 0.2) is 48.5 Å². The van der Waals surface area contributed by atoms with Crippen LogP contribution in [0.25, 0.3) is 0 Å². The lowest BCUT2D eigenvalue weighted by Crippen LogP contribution is -2.14. The molecule has 0 saturated carbocycles. The van der Waals surface area contributed by atoms with Gasteiger partial charge < -0.3 is 20.1 Å². The highest BCUT2D eigenvalue weighted by atomic mass is 16.5. The first kappa shape index (κ1) is 20.5. The summed E-state index contributed by atoms with van der Waals surface area (Å²) >= 11 is 0. The summed E-state index contributed by atoms with van der Waals surface area (Å²) in [6.45, 7) is 8.50. The molecule has 6 nitrogen and oxygen atoms in total. The number of nitrogens with one attached hydrogen (secondary N) is 2. The SMILES string of the molecule is COc1ccc(OC)c(Nc2cc(C)nc(Nc3ccccc3C(C)(C)C)n2)c1. The first-order chi connectivity index (χ1) is 13.8. The summed E-state index contributed by atoms with van der Waals surface area (Å²) in [7, 11) is 3.27. The third kappa shape index (κ3) is 4.96. The van der Waals surface area contributed by atoms with Crippen molar-refractivity contribution in [3.8, 4) is 11.5 Å². The van der Waals surface area contributed by atoms with Gasteiger partial charge in [0.25, 0.3) is 0 Å². The summed E-state index contributed by atoms with van der Waals surface area (Å²) in [6.07, 6.45) is 0. The van der Waals surface area contributed by atoms with Gasteiger partial charge in [0.1, 0.15) is 17.3 Å². The molecule has 0 aliphatic rings. The fourth-order valence-electron chi connectivity index (χ4n) is 3.10. The molecule has 0 radical (unpaired) electrons. The molecule has 29 heavy (non-hydrogen) atoms. The Morgan fingerprint density at radius 2 is 1.59 bits per heavy atom. The summed E-state index contributed by atoms with van der Waals surface area (Å²) in [4.78, 5) is 9.20. The third-order valence-electron chi connectivity index (χ3n) is 4.51. The first-order valence-electron chi connectivity index (χ1n) is 9.51. The number of aryl methyl sites for hydroxylation is 1. The Hall–Kier alpha value is -3.28. The minimum absolute atomic E-state index is 0.00244. The van der Waals surface area contributed by atoms with E-state index in [1.165, 1.54) is 5.56 Å². The molecule has 2 aromatic carbocycles. The Morgan fingerprint density at radius 3 is 2.28 bits per heavy atom. The second-order valence-electron chi connectivity index (χ2n) is 7.83. The van der Waals surface area contributed by atoms with Crippen LogP contribution in [-0.2, 0) is 5.41 Å². The lowest BCUT2D eigenvalue weighted by Gasteiger charge is -2.23. The maximum atomic E-state index is 5.45. The van der Waals surface area contributed by atoms with E-state index in [1.54, 1.807) is 14.2 Å². The Morgan fingerprint density at radius 1 is 0.828 bits per heavy atom. The zero-order valence-electron chi connectivity index (χ0n) is 17.8. The van der Waals surface area contributed by atoms with E-state index < -0.39 is 0 Å². The van der Waals surface area contributed by atoms with Gasteiger partial charge >= 0.3 is 0 Å². The quantitative estimate of drug-likeness (QED) is 0.570. The summed E-state index contributed by atoms with van der Waals surface area (Å²) in [5, 5.41) is 6.69. The van der Waals surface area contributed by atoms with E-state index in [9.17, 15) is 0 Å². The number of methoxy groups -OCH3 is 2. The monoisotopic (exact) mass is 392 g/mol. The molecule has 0 amide bonds. The van der Waals surface area contributed by atoms with E-state index >= 15 is 0 Å². The number of hydrogen-bond donors (Lipinski definition) is 2. The maximum Gasteiger partial charge on any atom is 0.229 e. The van der Waals surface area contributed by atoms with Gasteiger partial charge in [-0.1, -0.05) is 39.0 Å². The van der Waals surface area contributed by atoms with Crippen molar-refractivity contribution >= 4 is 23.1 Å². The van der Waals surface area contributed by atoms with Crippen LogP contribution in [0, 0.1) is 6.92 Å². The molecule has 0 unspecified atom stereocenters. The van der Waals surface area contributed by atoms with E-state index in [1.807, 2.05) is 49.4 Å². The Labute approximate surface area is 172 Å². The zero-order valence-corrected chi connectivity index (χ0v) is 17.8. The molecule has 0 bridgehead atoms.